The van der Waals surface area contributed by atoms with E-state index in [1.165, 1.54) is 0 Å². The molecule has 2 aliphatic heterocycles. The maximum absolute atomic E-state index is 12.7. The van der Waals surface area contributed by atoms with E-state index in [1.807, 2.05) is 47.0 Å². The molecule has 7 heteroatoms. The van der Waals surface area contributed by atoms with Gasteiger partial charge >= 0.3 is 0 Å². The van der Waals surface area contributed by atoms with Crippen molar-refractivity contribution in [3.63, 3.8) is 0 Å². The number of benzene rings is 1. The maximum Gasteiger partial charge on any atom is 0.289 e. The van der Waals surface area contributed by atoms with Gasteiger partial charge in [-0.2, -0.15) is 0 Å². The second-order valence-electron chi connectivity index (χ2n) is 7.63. The molecule has 1 N–H and O–H groups in total. The van der Waals surface area contributed by atoms with Crippen molar-refractivity contribution in [2.45, 2.75) is 32.0 Å². The first kappa shape index (κ1) is 17.2. The van der Waals surface area contributed by atoms with E-state index in [0.29, 0.717) is 24.2 Å². The average Bonchev–Trinajstić information content (AvgIpc) is 3.45. The molecule has 0 radical (unpaired) electrons. The van der Waals surface area contributed by atoms with Gasteiger partial charge in [-0.05, 0) is 30.0 Å². The topological polar surface area (TPSA) is 76.2 Å². The fourth-order valence-corrected chi connectivity index (χ4v) is 4.43. The van der Waals surface area contributed by atoms with E-state index >= 15 is 0 Å². The van der Waals surface area contributed by atoms with Crippen LogP contribution in [0, 0.1) is 5.92 Å². The largest absolute Gasteiger partial charge is 0.468 e. The summed E-state index contributed by atoms with van der Waals surface area (Å²) in [6, 6.07) is 13.8. The van der Waals surface area contributed by atoms with Gasteiger partial charge in [0, 0.05) is 32.1 Å². The SMILES string of the molecule is O=C(NCc1ccccc1)c1nnc2n1CC[C@@H]1CN(Cc3ccco3)C[C@@H]21. The third-order valence-corrected chi connectivity index (χ3v) is 5.81. The number of likely N-dealkylation sites (tertiary alicyclic amines) is 1. The van der Waals surface area contributed by atoms with Crippen LogP contribution in [-0.2, 0) is 19.6 Å². The molecule has 0 bridgehead atoms. The van der Waals surface area contributed by atoms with Crippen molar-refractivity contribution in [1.29, 1.82) is 0 Å². The Morgan fingerprint density at radius 1 is 1.14 bits per heavy atom. The summed E-state index contributed by atoms with van der Waals surface area (Å²) in [5.74, 6) is 3.09. The minimum absolute atomic E-state index is 0.161. The summed E-state index contributed by atoms with van der Waals surface area (Å²) in [6.07, 6.45) is 2.76. The number of carbonyl (C=O) groups excluding carboxylic acids is 1. The third kappa shape index (κ3) is 3.22. The van der Waals surface area contributed by atoms with Crippen LogP contribution < -0.4 is 5.32 Å². The van der Waals surface area contributed by atoms with Crippen LogP contribution in [0.5, 0.6) is 0 Å². The van der Waals surface area contributed by atoms with Gasteiger partial charge in [-0.25, -0.2) is 0 Å². The second kappa shape index (κ2) is 7.24. The van der Waals surface area contributed by atoms with Crippen LogP contribution in [0.3, 0.4) is 0 Å². The van der Waals surface area contributed by atoms with Gasteiger partial charge in [-0.1, -0.05) is 30.3 Å². The Hall–Kier alpha value is -2.93. The van der Waals surface area contributed by atoms with E-state index < -0.39 is 0 Å². The number of nitrogens with zero attached hydrogens (tertiary/aromatic N) is 4. The number of hydrogen-bond acceptors (Lipinski definition) is 5. The van der Waals surface area contributed by atoms with E-state index in [4.69, 9.17) is 4.42 Å². The van der Waals surface area contributed by atoms with Gasteiger partial charge in [-0.15, -0.1) is 10.2 Å². The highest BCUT2D eigenvalue weighted by Crippen LogP contribution is 2.38. The number of hydrogen-bond donors (Lipinski definition) is 1. The fourth-order valence-electron chi connectivity index (χ4n) is 4.43. The van der Waals surface area contributed by atoms with Crippen LogP contribution in [-0.4, -0.2) is 38.7 Å². The quantitative estimate of drug-likeness (QED) is 0.739. The molecular weight excluding hydrogens is 354 g/mol. The van der Waals surface area contributed by atoms with Gasteiger partial charge in [0.25, 0.3) is 5.91 Å². The fraction of sp³-hybridized carbons (Fsp3) is 0.381. The van der Waals surface area contributed by atoms with Crippen molar-refractivity contribution < 1.29 is 9.21 Å². The van der Waals surface area contributed by atoms with E-state index in [1.54, 1.807) is 6.26 Å². The Morgan fingerprint density at radius 2 is 2.04 bits per heavy atom. The summed E-state index contributed by atoms with van der Waals surface area (Å²) in [7, 11) is 0. The Labute approximate surface area is 163 Å². The lowest BCUT2D eigenvalue weighted by molar-refractivity contribution is 0.0933. The summed E-state index contributed by atoms with van der Waals surface area (Å²) < 4.78 is 7.50. The first-order valence-corrected chi connectivity index (χ1v) is 9.78. The van der Waals surface area contributed by atoms with Crippen molar-refractivity contribution >= 4 is 5.91 Å². The molecule has 5 rings (SSSR count). The molecule has 144 valence electrons. The van der Waals surface area contributed by atoms with Gasteiger partial charge < -0.3 is 14.3 Å². The smallest absolute Gasteiger partial charge is 0.289 e. The molecule has 1 aromatic carbocycles. The Balaban J connectivity index is 1.28. The molecule has 0 spiro atoms. The zero-order chi connectivity index (χ0) is 18.9. The van der Waals surface area contributed by atoms with Crippen molar-refractivity contribution in [3.8, 4) is 0 Å². The number of fused-ring (bicyclic) bond motifs is 3. The molecule has 2 atom stereocenters. The highest BCUT2D eigenvalue weighted by molar-refractivity contribution is 5.90. The molecule has 1 fully saturated rings. The molecule has 0 unspecified atom stereocenters. The van der Waals surface area contributed by atoms with Crippen LogP contribution in [0.1, 0.15) is 40.1 Å². The second-order valence-corrected chi connectivity index (χ2v) is 7.63. The van der Waals surface area contributed by atoms with Crippen molar-refractivity contribution in [1.82, 2.24) is 25.0 Å². The minimum Gasteiger partial charge on any atom is -0.468 e. The molecule has 28 heavy (non-hydrogen) atoms. The van der Waals surface area contributed by atoms with E-state index in [-0.39, 0.29) is 5.91 Å². The van der Waals surface area contributed by atoms with Gasteiger partial charge in [-0.3, -0.25) is 9.69 Å². The average molecular weight is 377 g/mol. The molecule has 2 aliphatic rings. The lowest BCUT2D eigenvalue weighted by atomic mass is 9.89. The molecule has 4 heterocycles. The number of furan rings is 1. The van der Waals surface area contributed by atoms with Crippen LogP contribution >= 0.6 is 0 Å². The van der Waals surface area contributed by atoms with Gasteiger partial charge in [0.1, 0.15) is 11.6 Å². The number of rotatable bonds is 5. The summed E-state index contributed by atoms with van der Waals surface area (Å²) in [5, 5.41) is 11.6. The number of carbonyl (C=O) groups is 1. The molecule has 3 aromatic rings. The first-order chi connectivity index (χ1) is 13.8. The first-order valence-electron chi connectivity index (χ1n) is 9.78. The number of aromatic nitrogens is 3. The maximum atomic E-state index is 12.7. The van der Waals surface area contributed by atoms with Crippen molar-refractivity contribution in [2.75, 3.05) is 13.1 Å². The zero-order valence-corrected chi connectivity index (χ0v) is 15.6. The highest BCUT2D eigenvalue weighted by Gasteiger charge is 2.40. The molecule has 7 nitrogen and oxygen atoms in total. The van der Waals surface area contributed by atoms with Crippen LogP contribution in [0.25, 0.3) is 0 Å². The monoisotopic (exact) mass is 377 g/mol. The predicted octanol–water partition coefficient (Wildman–Crippen LogP) is 2.42. The lowest BCUT2D eigenvalue weighted by Crippen LogP contribution is -2.30. The molecule has 2 aromatic heterocycles. The van der Waals surface area contributed by atoms with Gasteiger partial charge in [0.2, 0.25) is 5.82 Å². The number of nitrogens with one attached hydrogen (secondary N) is 1. The van der Waals surface area contributed by atoms with E-state index in [2.05, 4.69) is 20.4 Å². The van der Waals surface area contributed by atoms with E-state index in [9.17, 15) is 4.79 Å². The normalized spacial score (nSPS) is 21.3. The minimum atomic E-state index is -0.161. The summed E-state index contributed by atoms with van der Waals surface area (Å²) in [5.41, 5.74) is 1.07. The van der Waals surface area contributed by atoms with Gasteiger partial charge in [0.05, 0.1) is 12.8 Å². The summed E-state index contributed by atoms with van der Waals surface area (Å²) >= 11 is 0. The van der Waals surface area contributed by atoms with Crippen molar-refractivity contribution in [2.24, 2.45) is 5.92 Å². The van der Waals surface area contributed by atoms with Crippen LogP contribution in [0.15, 0.2) is 53.1 Å². The van der Waals surface area contributed by atoms with Gasteiger partial charge in [0.15, 0.2) is 0 Å². The molecule has 1 amide bonds. The van der Waals surface area contributed by atoms with Crippen molar-refractivity contribution in [3.05, 3.63) is 71.7 Å². The Bertz CT molecular complexity index is 951. The summed E-state index contributed by atoms with van der Waals surface area (Å²) in [6.45, 7) is 4.07. The zero-order valence-electron chi connectivity index (χ0n) is 15.6. The summed E-state index contributed by atoms with van der Waals surface area (Å²) in [4.78, 5) is 15.1. The van der Waals surface area contributed by atoms with Crippen LogP contribution in [0.2, 0.25) is 0 Å². The standard InChI is InChI=1S/C21H23N5O2/c27-21(22-11-15-5-2-1-3-6-15)20-24-23-19-18-14-25(13-17-7-4-10-28-17)12-16(18)8-9-26(19)20/h1-7,10,16,18H,8-9,11-14H2,(H,22,27)/t16-,18-/m1/s1. The lowest BCUT2D eigenvalue weighted by Gasteiger charge is -2.25. The molecular formula is C21H23N5O2. The predicted molar refractivity (Wildman–Crippen MR) is 102 cm³/mol. The van der Waals surface area contributed by atoms with E-state index in [0.717, 1.165) is 49.7 Å². The Kier molecular flexibility index (Phi) is 4.44. The third-order valence-electron chi connectivity index (χ3n) is 5.81. The highest BCUT2D eigenvalue weighted by atomic mass is 16.3. The Morgan fingerprint density at radius 3 is 2.86 bits per heavy atom. The molecule has 0 saturated carbocycles. The number of amides is 1. The van der Waals surface area contributed by atoms with Crippen LogP contribution in [0.4, 0.5) is 0 Å². The molecule has 0 aliphatic carbocycles. The molecule has 1 saturated heterocycles.